The minimum Gasteiger partial charge on any atom is -0.497 e. The SMILES string of the molecule is COc1ccc2cc(-c3c(C(=O)O)ccc(Oc4ccc(NC(C)=O)cc4)c3C(=O)O)ccc2c1. The lowest BCUT2D eigenvalue weighted by Crippen LogP contribution is -2.09. The van der Waals surface area contributed by atoms with Gasteiger partial charge in [0, 0.05) is 18.2 Å². The van der Waals surface area contributed by atoms with Crippen LogP contribution in [0.1, 0.15) is 27.6 Å². The molecule has 0 heterocycles. The number of nitrogens with one attached hydrogen (secondary N) is 1. The van der Waals surface area contributed by atoms with E-state index in [2.05, 4.69) is 5.32 Å². The molecule has 0 radical (unpaired) electrons. The average Bonchev–Trinajstić information content (AvgIpc) is 2.83. The zero-order valence-corrected chi connectivity index (χ0v) is 18.9. The number of benzene rings is 4. The van der Waals surface area contributed by atoms with Crippen LogP contribution in [0.25, 0.3) is 21.9 Å². The quantitative estimate of drug-likeness (QED) is 0.318. The summed E-state index contributed by atoms with van der Waals surface area (Å²) in [5.41, 5.74) is 0.573. The first-order valence-corrected chi connectivity index (χ1v) is 10.5. The third-order valence-electron chi connectivity index (χ3n) is 5.35. The number of anilines is 1. The van der Waals surface area contributed by atoms with Gasteiger partial charge in [0.1, 0.15) is 22.8 Å². The van der Waals surface area contributed by atoms with E-state index in [1.54, 1.807) is 55.6 Å². The van der Waals surface area contributed by atoms with Crippen molar-refractivity contribution in [1.29, 1.82) is 0 Å². The number of carbonyl (C=O) groups excluding carboxylic acids is 1. The van der Waals surface area contributed by atoms with Gasteiger partial charge in [-0.25, -0.2) is 9.59 Å². The summed E-state index contributed by atoms with van der Waals surface area (Å²) in [6.45, 7) is 1.39. The van der Waals surface area contributed by atoms with Crippen molar-refractivity contribution in [3.8, 4) is 28.4 Å². The number of fused-ring (bicyclic) bond motifs is 1. The van der Waals surface area contributed by atoms with Gasteiger partial charge < -0.3 is 25.0 Å². The summed E-state index contributed by atoms with van der Waals surface area (Å²) in [4.78, 5) is 35.6. The van der Waals surface area contributed by atoms with Crippen molar-refractivity contribution in [2.45, 2.75) is 6.92 Å². The predicted molar refractivity (Wildman–Crippen MR) is 131 cm³/mol. The molecule has 3 N–H and O–H groups in total. The molecular weight excluding hydrogens is 450 g/mol. The molecule has 0 aromatic heterocycles. The number of ether oxygens (including phenoxy) is 2. The molecule has 4 rings (SSSR count). The first kappa shape index (κ1) is 23.3. The molecule has 4 aromatic rings. The highest BCUT2D eigenvalue weighted by atomic mass is 16.5. The fourth-order valence-electron chi connectivity index (χ4n) is 3.80. The molecule has 0 aliphatic carbocycles. The van der Waals surface area contributed by atoms with E-state index >= 15 is 0 Å². The number of carbonyl (C=O) groups is 3. The molecule has 176 valence electrons. The topological polar surface area (TPSA) is 122 Å². The van der Waals surface area contributed by atoms with Crippen LogP contribution in [-0.2, 0) is 4.79 Å². The lowest BCUT2D eigenvalue weighted by molar-refractivity contribution is -0.114. The maximum Gasteiger partial charge on any atom is 0.340 e. The van der Waals surface area contributed by atoms with Gasteiger partial charge in [-0.05, 0) is 70.9 Å². The Morgan fingerprint density at radius 2 is 1.43 bits per heavy atom. The van der Waals surface area contributed by atoms with Crippen molar-refractivity contribution in [3.05, 3.63) is 83.9 Å². The van der Waals surface area contributed by atoms with Crippen molar-refractivity contribution in [2.75, 3.05) is 12.4 Å². The maximum atomic E-state index is 12.4. The second-order valence-electron chi connectivity index (χ2n) is 7.71. The van der Waals surface area contributed by atoms with Crippen LogP contribution >= 0.6 is 0 Å². The van der Waals surface area contributed by atoms with Crippen molar-refractivity contribution < 1.29 is 34.1 Å². The van der Waals surface area contributed by atoms with Crippen LogP contribution < -0.4 is 14.8 Å². The lowest BCUT2D eigenvalue weighted by atomic mass is 9.92. The molecule has 0 aliphatic heterocycles. The number of hydrogen-bond donors (Lipinski definition) is 3. The smallest absolute Gasteiger partial charge is 0.340 e. The minimum absolute atomic E-state index is 0.0143. The Morgan fingerprint density at radius 1 is 0.771 bits per heavy atom. The van der Waals surface area contributed by atoms with Gasteiger partial charge in [-0.2, -0.15) is 0 Å². The molecule has 0 saturated heterocycles. The average molecular weight is 471 g/mol. The largest absolute Gasteiger partial charge is 0.497 e. The van der Waals surface area contributed by atoms with Crippen molar-refractivity contribution in [2.24, 2.45) is 0 Å². The van der Waals surface area contributed by atoms with Gasteiger partial charge in [0.25, 0.3) is 0 Å². The molecule has 8 nitrogen and oxygen atoms in total. The molecule has 0 unspecified atom stereocenters. The van der Waals surface area contributed by atoms with Gasteiger partial charge in [0.05, 0.1) is 12.7 Å². The van der Waals surface area contributed by atoms with Gasteiger partial charge >= 0.3 is 11.9 Å². The zero-order chi connectivity index (χ0) is 25.1. The van der Waals surface area contributed by atoms with Crippen LogP contribution in [0, 0.1) is 0 Å². The zero-order valence-electron chi connectivity index (χ0n) is 18.9. The van der Waals surface area contributed by atoms with Gasteiger partial charge in [-0.1, -0.05) is 18.2 Å². The maximum absolute atomic E-state index is 12.4. The van der Waals surface area contributed by atoms with Crippen LogP contribution in [0.3, 0.4) is 0 Å². The molecule has 0 aliphatic rings. The van der Waals surface area contributed by atoms with E-state index in [1.807, 2.05) is 12.1 Å². The van der Waals surface area contributed by atoms with Gasteiger partial charge in [0.2, 0.25) is 5.91 Å². The summed E-state index contributed by atoms with van der Waals surface area (Å²) in [5, 5.41) is 24.2. The number of methoxy groups -OCH3 is 1. The Kier molecular flexibility index (Phi) is 6.37. The number of aromatic carboxylic acids is 2. The van der Waals surface area contributed by atoms with E-state index in [0.717, 1.165) is 10.8 Å². The number of carboxylic acids is 2. The van der Waals surface area contributed by atoms with Crippen molar-refractivity contribution >= 4 is 34.3 Å². The second-order valence-corrected chi connectivity index (χ2v) is 7.71. The van der Waals surface area contributed by atoms with Gasteiger partial charge in [-0.15, -0.1) is 0 Å². The molecule has 4 aromatic carbocycles. The van der Waals surface area contributed by atoms with E-state index in [-0.39, 0.29) is 28.3 Å². The molecular formula is C27H21NO7. The van der Waals surface area contributed by atoms with Crippen molar-refractivity contribution in [3.63, 3.8) is 0 Å². The summed E-state index contributed by atoms with van der Waals surface area (Å²) < 4.78 is 11.1. The molecule has 0 spiro atoms. The Balaban J connectivity index is 1.84. The number of carboxylic acid groups (broad SMARTS) is 2. The minimum atomic E-state index is -1.33. The molecule has 0 atom stereocenters. The van der Waals surface area contributed by atoms with Gasteiger partial charge in [-0.3, -0.25) is 4.79 Å². The summed E-state index contributed by atoms with van der Waals surface area (Å²) in [5.74, 6) is -1.84. The van der Waals surface area contributed by atoms with Crippen LogP contribution in [0.5, 0.6) is 17.2 Å². The summed E-state index contributed by atoms with van der Waals surface area (Å²) in [6, 6.07) is 19.6. The standard InChI is InChI=1S/C27H21NO7/c1-15(29)28-19-6-9-20(10-7-19)35-23-12-11-22(26(30)31)24(25(23)27(32)33)18-4-3-17-14-21(34-2)8-5-16(17)13-18/h3-14H,1-2H3,(H,28,29)(H,30,31)(H,32,33). The Bertz CT molecular complexity index is 1460. The third-order valence-corrected chi connectivity index (χ3v) is 5.35. The molecule has 1 amide bonds. The van der Waals surface area contributed by atoms with E-state index in [0.29, 0.717) is 22.7 Å². The highest BCUT2D eigenvalue weighted by molar-refractivity contribution is 6.07. The number of hydrogen-bond acceptors (Lipinski definition) is 5. The Labute approximate surface area is 200 Å². The first-order valence-electron chi connectivity index (χ1n) is 10.5. The Morgan fingerprint density at radius 3 is 2.06 bits per heavy atom. The summed E-state index contributed by atoms with van der Waals surface area (Å²) in [7, 11) is 1.56. The second kappa shape index (κ2) is 9.56. The molecule has 0 fully saturated rings. The molecule has 0 bridgehead atoms. The lowest BCUT2D eigenvalue weighted by Gasteiger charge is -2.16. The summed E-state index contributed by atoms with van der Waals surface area (Å²) >= 11 is 0. The van der Waals surface area contributed by atoms with Crippen LogP contribution in [0.4, 0.5) is 5.69 Å². The fraction of sp³-hybridized carbons (Fsp3) is 0.0741. The molecule has 8 heteroatoms. The van der Waals surface area contributed by atoms with Gasteiger partial charge in [0.15, 0.2) is 0 Å². The van der Waals surface area contributed by atoms with Crippen molar-refractivity contribution in [1.82, 2.24) is 0 Å². The third kappa shape index (κ3) is 4.91. The molecule has 35 heavy (non-hydrogen) atoms. The first-order chi connectivity index (χ1) is 16.8. The number of rotatable bonds is 7. The van der Waals surface area contributed by atoms with E-state index in [1.165, 1.54) is 19.1 Å². The predicted octanol–water partition coefficient (Wildman–Crippen LogP) is 5.66. The molecule has 0 saturated carbocycles. The monoisotopic (exact) mass is 471 g/mol. The highest BCUT2D eigenvalue weighted by Crippen LogP contribution is 2.38. The Hall–Kier alpha value is -4.85. The number of amides is 1. The van der Waals surface area contributed by atoms with E-state index in [9.17, 15) is 24.6 Å². The van der Waals surface area contributed by atoms with Crippen LogP contribution in [0.15, 0.2) is 72.8 Å². The summed E-state index contributed by atoms with van der Waals surface area (Å²) in [6.07, 6.45) is 0. The highest BCUT2D eigenvalue weighted by Gasteiger charge is 2.25. The van der Waals surface area contributed by atoms with Crippen LogP contribution in [0.2, 0.25) is 0 Å². The normalized spacial score (nSPS) is 10.6. The van der Waals surface area contributed by atoms with E-state index < -0.39 is 11.9 Å². The van der Waals surface area contributed by atoms with Crippen LogP contribution in [-0.4, -0.2) is 35.2 Å². The van der Waals surface area contributed by atoms with E-state index in [4.69, 9.17) is 9.47 Å². The fourth-order valence-corrected chi connectivity index (χ4v) is 3.80.